The molecule has 0 amide bonds. The third-order valence-electron chi connectivity index (χ3n) is 8.62. The summed E-state index contributed by atoms with van der Waals surface area (Å²) in [6.45, 7) is 4.98. The Morgan fingerprint density at radius 2 is 1.89 bits per heavy atom. The fourth-order valence-corrected chi connectivity index (χ4v) is 6.49. The fraction of sp³-hybridized carbons (Fsp3) is 0.556. The highest BCUT2D eigenvalue weighted by molar-refractivity contribution is 5.65. The number of fused-ring (bicyclic) bond motifs is 1. The van der Waals surface area contributed by atoms with Gasteiger partial charge in [-0.1, -0.05) is 12.1 Å². The summed E-state index contributed by atoms with van der Waals surface area (Å²) >= 11 is 0. The van der Waals surface area contributed by atoms with E-state index >= 15 is 0 Å². The quantitative estimate of drug-likeness (QED) is 0.544. The highest BCUT2D eigenvalue weighted by Crippen LogP contribution is 2.41. The lowest BCUT2D eigenvalue weighted by Crippen LogP contribution is -2.54. The predicted molar refractivity (Wildman–Crippen MR) is 135 cm³/mol. The number of nitrogens with two attached hydrogens (primary N) is 1. The number of nitrogen functional groups attached to an aromatic ring is 1. The van der Waals surface area contributed by atoms with Crippen molar-refractivity contribution < 1.29 is 14.2 Å². The highest BCUT2D eigenvalue weighted by Gasteiger charge is 2.46. The molecular weight excluding hydrogens is 459 g/mol. The molecule has 3 aliphatic rings. The molecule has 1 spiro atoms. The maximum absolute atomic E-state index is 13.2. The Labute approximate surface area is 210 Å². The molecule has 3 saturated heterocycles. The van der Waals surface area contributed by atoms with E-state index in [4.69, 9.17) is 10.5 Å². The van der Waals surface area contributed by atoms with Gasteiger partial charge in [0, 0.05) is 25.0 Å². The van der Waals surface area contributed by atoms with Gasteiger partial charge < -0.3 is 20.5 Å². The van der Waals surface area contributed by atoms with Crippen molar-refractivity contribution in [1.82, 2.24) is 24.4 Å². The number of halogens is 1. The van der Waals surface area contributed by atoms with Crippen LogP contribution < -0.4 is 5.73 Å². The molecule has 3 fully saturated rings. The van der Waals surface area contributed by atoms with Crippen LogP contribution in [0.2, 0.25) is 0 Å². The minimum Gasteiger partial charge on any atom is -0.390 e. The third kappa shape index (κ3) is 4.49. The molecule has 2 aromatic heterocycles. The number of aromatic nitrogens is 3. The second-order valence-electron chi connectivity index (χ2n) is 10.7. The van der Waals surface area contributed by atoms with Crippen LogP contribution in [-0.2, 0) is 11.2 Å². The summed E-state index contributed by atoms with van der Waals surface area (Å²) in [5.41, 5.74) is 9.05. The molecule has 3 aromatic rings. The molecule has 8 nitrogen and oxygen atoms in total. The zero-order valence-corrected chi connectivity index (χ0v) is 20.6. The molecule has 3 atom stereocenters. The molecule has 0 unspecified atom stereocenters. The van der Waals surface area contributed by atoms with Crippen LogP contribution in [0.1, 0.15) is 49.5 Å². The lowest BCUT2D eigenvalue weighted by atomic mass is 9.84. The summed E-state index contributed by atoms with van der Waals surface area (Å²) in [6.07, 6.45) is 6.71. The van der Waals surface area contributed by atoms with Gasteiger partial charge >= 0.3 is 0 Å². The van der Waals surface area contributed by atoms with Crippen molar-refractivity contribution in [3.8, 4) is 0 Å². The molecular formula is C27H35FN6O2. The van der Waals surface area contributed by atoms with Crippen molar-refractivity contribution in [1.29, 1.82) is 0 Å². The Morgan fingerprint density at radius 1 is 1.08 bits per heavy atom. The molecule has 5 heterocycles. The van der Waals surface area contributed by atoms with Crippen LogP contribution in [0.25, 0.3) is 5.52 Å². The van der Waals surface area contributed by atoms with E-state index in [0.29, 0.717) is 12.2 Å². The Bertz CT molecular complexity index is 1190. The molecule has 9 heteroatoms. The Morgan fingerprint density at radius 3 is 2.69 bits per heavy atom. The Balaban J connectivity index is 1.06. The zero-order valence-electron chi connectivity index (χ0n) is 20.6. The molecule has 0 radical (unpaired) electrons. The van der Waals surface area contributed by atoms with Crippen molar-refractivity contribution in [3.63, 3.8) is 0 Å². The normalized spacial score (nSPS) is 26.9. The average Bonchev–Trinajstić information content (AvgIpc) is 3.58. The molecule has 3 aliphatic heterocycles. The van der Waals surface area contributed by atoms with Gasteiger partial charge in [-0.2, -0.15) is 5.10 Å². The van der Waals surface area contributed by atoms with Gasteiger partial charge in [0.05, 0.1) is 17.9 Å². The number of rotatable bonds is 6. The van der Waals surface area contributed by atoms with Crippen LogP contribution >= 0.6 is 0 Å². The maximum Gasteiger partial charge on any atom is 0.151 e. The van der Waals surface area contributed by atoms with E-state index < -0.39 is 6.10 Å². The molecule has 3 N–H and O–H groups in total. The topological polar surface area (TPSA) is 92.1 Å². The first-order valence-corrected chi connectivity index (χ1v) is 13.1. The van der Waals surface area contributed by atoms with Gasteiger partial charge in [-0.25, -0.2) is 13.9 Å². The first kappa shape index (κ1) is 23.8. The first-order valence-electron chi connectivity index (χ1n) is 13.1. The van der Waals surface area contributed by atoms with E-state index in [2.05, 4.69) is 19.9 Å². The molecule has 0 bridgehead atoms. The van der Waals surface area contributed by atoms with Gasteiger partial charge in [-0.3, -0.25) is 4.90 Å². The van der Waals surface area contributed by atoms with Crippen molar-refractivity contribution >= 4 is 11.3 Å². The van der Waals surface area contributed by atoms with Gasteiger partial charge in [0.2, 0.25) is 0 Å². The highest BCUT2D eigenvalue weighted by atomic mass is 19.1. The second kappa shape index (κ2) is 9.70. The van der Waals surface area contributed by atoms with E-state index in [0.717, 1.165) is 63.2 Å². The van der Waals surface area contributed by atoms with Crippen LogP contribution in [0.5, 0.6) is 0 Å². The first-order chi connectivity index (χ1) is 17.5. The summed E-state index contributed by atoms with van der Waals surface area (Å²) in [5, 5.41) is 15.3. The summed E-state index contributed by atoms with van der Waals surface area (Å²) in [5.74, 6) is 0.262. The zero-order chi connectivity index (χ0) is 24.7. The average molecular weight is 495 g/mol. The lowest BCUT2D eigenvalue weighted by Gasteiger charge is -2.46. The number of nitrogens with zero attached hydrogens (tertiary/aromatic N) is 5. The van der Waals surface area contributed by atoms with Gasteiger partial charge in [0.1, 0.15) is 23.8 Å². The van der Waals surface area contributed by atoms with E-state index in [-0.39, 0.29) is 23.6 Å². The van der Waals surface area contributed by atoms with Crippen LogP contribution in [0.3, 0.4) is 0 Å². The lowest BCUT2D eigenvalue weighted by molar-refractivity contribution is -0.0383. The van der Waals surface area contributed by atoms with Crippen LogP contribution in [0.4, 0.5) is 10.2 Å². The Hall–Kier alpha value is -2.59. The van der Waals surface area contributed by atoms with Crippen LogP contribution in [0, 0.1) is 5.82 Å². The van der Waals surface area contributed by atoms with E-state index in [1.54, 1.807) is 16.6 Å². The van der Waals surface area contributed by atoms with E-state index in [1.807, 2.05) is 24.3 Å². The summed E-state index contributed by atoms with van der Waals surface area (Å²) in [7, 11) is 0. The molecule has 192 valence electrons. The molecule has 36 heavy (non-hydrogen) atoms. The maximum atomic E-state index is 13.2. The summed E-state index contributed by atoms with van der Waals surface area (Å²) in [4.78, 5) is 9.19. The molecule has 6 rings (SSSR count). The van der Waals surface area contributed by atoms with E-state index in [1.165, 1.54) is 24.7 Å². The van der Waals surface area contributed by atoms with Crippen molar-refractivity contribution in [2.75, 3.05) is 38.5 Å². The van der Waals surface area contributed by atoms with Gasteiger partial charge in [0.25, 0.3) is 0 Å². The predicted octanol–water partition coefficient (Wildman–Crippen LogP) is 2.81. The smallest absolute Gasteiger partial charge is 0.151 e. The number of hydrogen-bond acceptors (Lipinski definition) is 7. The summed E-state index contributed by atoms with van der Waals surface area (Å²) in [6, 6.07) is 10.7. The number of ether oxygens (including phenoxy) is 1. The number of aliphatic hydroxyl groups excluding tert-OH is 1. The minimum absolute atomic E-state index is 0.178. The standard InChI is InChI=1S/C27H35FN6O2/c28-20-4-2-19(3-5-20)8-13-32-14-10-27(11-15-32)9-1-12-33(27)17-25-23(35)16-24(36-25)21-6-7-22-26(29)30-18-31-34(21)22/h2-7,18,23-25,35H,1,8-17H2,(H2,29,30,31)/t23-,24+,25+/m0/s1. The molecule has 0 aliphatic carbocycles. The summed E-state index contributed by atoms with van der Waals surface area (Å²) < 4.78 is 21.4. The van der Waals surface area contributed by atoms with E-state index in [9.17, 15) is 9.50 Å². The monoisotopic (exact) mass is 494 g/mol. The van der Waals surface area contributed by atoms with Crippen LogP contribution in [-0.4, -0.2) is 80.0 Å². The number of aliphatic hydroxyl groups is 1. The Kier molecular flexibility index (Phi) is 6.41. The number of likely N-dealkylation sites (tertiary alicyclic amines) is 2. The third-order valence-corrected chi connectivity index (χ3v) is 8.62. The van der Waals surface area contributed by atoms with Gasteiger partial charge in [0.15, 0.2) is 5.82 Å². The second-order valence-corrected chi connectivity index (χ2v) is 10.7. The number of anilines is 1. The van der Waals surface area contributed by atoms with Gasteiger partial charge in [-0.05, 0) is 81.6 Å². The minimum atomic E-state index is -0.506. The van der Waals surface area contributed by atoms with Crippen LogP contribution in [0.15, 0.2) is 42.7 Å². The molecule has 0 saturated carbocycles. The SMILES string of the molecule is Nc1ncnn2c([C@H]3C[C@H](O)[C@@H](CN4CCCC45CCN(CCc4ccc(F)cc4)CC5)O3)ccc12. The van der Waals surface area contributed by atoms with Gasteiger partial charge in [-0.15, -0.1) is 0 Å². The molecule has 1 aromatic carbocycles. The number of hydrogen-bond donors (Lipinski definition) is 2. The van der Waals surface area contributed by atoms with Crippen molar-refractivity contribution in [3.05, 3.63) is 59.8 Å². The largest absolute Gasteiger partial charge is 0.390 e. The number of piperidine rings is 1. The van der Waals surface area contributed by atoms with Crippen molar-refractivity contribution in [2.45, 2.75) is 62.4 Å². The number of benzene rings is 1. The fourth-order valence-electron chi connectivity index (χ4n) is 6.49. The van der Waals surface area contributed by atoms with Crippen molar-refractivity contribution in [2.24, 2.45) is 0 Å².